The lowest BCUT2D eigenvalue weighted by Gasteiger charge is -2.40. The summed E-state index contributed by atoms with van der Waals surface area (Å²) in [5.74, 6) is 2.85. The lowest BCUT2D eigenvalue weighted by atomic mass is 9.65. The number of carbonyl (C=O) groups is 1. The Bertz CT molecular complexity index is 334. The minimum Gasteiger partial charge on any atom is -0.466 e. The normalized spacial score (nSPS) is 36.0. The smallest absolute Gasteiger partial charge is 0.311 e. The number of rotatable bonds is 6. The third-order valence-electron chi connectivity index (χ3n) is 6.43. The van der Waals surface area contributed by atoms with Crippen molar-refractivity contribution in [1.82, 2.24) is 0 Å². The van der Waals surface area contributed by atoms with Crippen LogP contribution in [0, 0.1) is 23.2 Å². The maximum absolute atomic E-state index is 12.1. The van der Waals surface area contributed by atoms with E-state index in [9.17, 15) is 4.79 Å². The molecule has 0 saturated heterocycles. The fraction of sp³-hybridized carbons (Fsp3) is 0.950. The molecular weight excluding hydrogens is 272 g/mol. The van der Waals surface area contributed by atoms with E-state index in [4.69, 9.17) is 4.74 Å². The Balaban J connectivity index is 1.75. The van der Waals surface area contributed by atoms with E-state index in [1.54, 1.807) is 0 Å². The van der Waals surface area contributed by atoms with Crippen LogP contribution in [0.1, 0.15) is 91.4 Å². The molecule has 0 N–H and O–H groups in total. The van der Waals surface area contributed by atoms with E-state index in [-0.39, 0.29) is 11.4 Å². The SMILES string of the molecule is CCCCC1CCC(C2CCC(C)(C(=O)OCC)CC2)CC1. The molecule has 0 aromatic rings. The molecule has 0 atom stereocenters. The monoisotopic (exact) mass is 308 g/mol. The summed E-state index contributed by atoms with van der Waals surface area (Å²) >= 11 is 0. The summed E-state index contributed by atoms with van der Waals surface area (Å²) in [7, 11) is 0. The van der Waals surface area contributed by atoms with Gasteiger partial charge in [-0.3, -0.25) is 4.79 Å². The Kier molecular flexibility index (Phi) is 6.77. The number of hydrogen-bond donors (Lipinski definition) is 0. The Morgan fingerprint density at radius 1 is 1.00 bits per heavy atom. The largest absolute Gasteiger partial charge is 0.466 e. The zero-order valence-electron chi connectivity index (χ0n) is 15.0. The van der Waals surface area contributed by atoms with Crippen LogP contribution >= 0.6 is 0 Å². The molecule has 0 bridgehead atoms. The highest BCUT2D eigenvalue weighted by Crippen LogP contribution is 2.46. The lowest BCUT2D eigenvalue weighted by Crippen LogP contribution is -2.36. The maximum Gasteiger partial charge on any atom is 0.311 e. The maximum atomic E-state index is 12.1. The number of unbranched alkanes of at least 4 members (excludes halogenated alkanes) is 1. The predicted octanol–water partition coefficient (Wildman–Crippen LogP) is 5.74. The predicted molar refractivity (Wildman–Crippen MR) is 91.7 cm³/mol. The highest BCUT2D eigenvalue weighted by atomic mass is 16.5. The first-order chi connectivity index (χ1) is 10.6. The molecule has 22 heavy (non-hydrogen) atoms. The summed E-state index contributed by atoms with van der Waals surface area (Å²) in [5.41, 5.74) is -0.204. The van der Waals surface area contributed by atoms with E-state index in [1.165, 1.54) is 57.8 Å². The molecule has 0 aliphatic heterocycles. The van der Waals surface area contributed by atoms with E-state index in [0.29, 0.717) is 6.61 Å². The number of hydrogen-bond acceptors (Lipinski definition) is 2. The molecule has 0 aromatic heterocycles. The van der Waals surface area contributed by atoms with Crippen LogP contribution in [0.25, 0.3) is 0 Å². The van der Waals surface area contributed by atoms with Crippen LogP contribution in [0.2, 0.25) is 0 Å². The second-order valence-corrected chi connectivity index (χ2v) is 8.04. The zero-order chi connectivity index (χ0) is 16.0. The third-order valence-corrected chi connectivity index (χ3v) is 6.43. The van der Waals surface area contributed by atoms with Crippen LogP contribution in [-0.2, 0) is 9.53 Å². The van der Waals surface area contributed by atoms with Gasteiger partial charge in [-0.15, -0.1) is 0 Å². The Morgan fingerprint density at radius 3 is 2.14 bits per heavy atom. The third kappa shape index (κ3) is 4.49. The molecule has 2 aliphatic carbocycles. The standard InChI is InChI=1S/C20H36O2/c1-4-6-7-16-8-10-17(11-9-16)18-12-14-20(3,15-13-18)19(21)22-5-2/h16-18H,4-15H2,1-3H3. The van der Waals surface area contributed by atoms with E-state index >= 15 is 0 Å². The molecule has 0 amide bonds. The van der Waals surface area contributed by atoms with Gasteiger partial charge in [-0.05, 0) is 70.1 Å². The Morgan fingerprint density at radius 2 is 1.59 bits per heavy atom. The van der Waals surface area contributed by atoms with E-state index < -0.39 is 0 Å². The van der Waals surface area contributed by atoms with Crippen molar-refractivity contribution < 1.29 is 9.53 Å². The molecule has 2 nitrogen and oxygen atoms in total. The van der Waals surface area contributed by atoms with Crippen molar-refractivity contribution in [2.75, 3.05) is 6.61 Å². The zero-order valence-corrected chi connectivity index (χ0v) is 15.0. The van der Waals surface area contributed by atoms with Crippen molar-refractivity contribution in [2.24, 2.45) is 23.2 Å². The van der Waals surface area contributed by atoms with Gasteiger partial charge in [0.25, 0.3) is 0 Å². The second kappa shape index (κ2) is 8.36. The first-order valence-corrected chi connectivity index (χ1v) is 9.76. The van der Waals surface area contributed by atoms with Crippen molar-refractivity contribution in [3.8, 4) is 0 Å². The molecule has 2 heteroatoms. The van der Waals surface area contributed by atoms with E-state index in [1.807, 2.05) is 6.92 Å². The van der Waals surface area contributed by atoms with Gasteiger partial charge in [0.15, 0.2) is 0 Å². The summed E-state index contributed by atoms with van der Waals surface area (Å²) in [6.45, 7) is 6.83. The summed E-state index contributed by atoms with van der Waals surface area (Å²) in [6, 6.07) is 0. The van der Waals surface area contributed by atoms with Crippen LogP contribution in [0.5, 0.6) is 0 Å². The van der Waals surface area contributed by atoms with Gasteiger partial charge in [-0.1, -0.05) is 39.0 Å². The summed E-state index contributed by atoms with van der Waals surface area (Å²) < 4.78 is 5.28. The van der Waals surface area contributed by atoms with Crippen molar-refractivity contribution >= 4 is 5.97 Å². The van der Waals surface area contributed by atoms with Crippen LogP contribution in [0.3, 0.4) is 0 Å². The van der Waals surface area contributed by atoms with Gasteiger partial charge in [0.1, 0.15) is 0 Å². The number of esters is 1. The Hall–Kier alpha value is -0.530. The first kappa shape index (κ1) is 17.8. The quantitative estimate of drug-likeness (QED) is 0.585. The molecule has 2 fully saturated rings. The summed E-state index contributed by atoms with van der Waals surface area (Å²) in [6.07, 6.45) is 14.5. The molecule has 2 aliphatic rings. The molecule has 2 saturated carbocycles. The van der Waals surface area contributed by atoms with Crippen LogP contribution in [-0.4, -0.2) is 12.6 Å². The average molecular weight is 309 g/mol. The molecule has 128 valence electrons. The van der Waals surface area contributed by atoms with Crippen LogP contribution in [0.15, 0.2) is 0 Å². The van der Waals surface area contributed by atoms with E-state index in [0.717, 1.165) is 30.6 Å². The average Bonchev–Trinajstić information content (AvgIpc) is 2.54. The van der Waals surface area contributed by atoms with Gasteiger partial charge < -0.3 is 4.74 Å². The van der Waals surface area contributed by atoms with Gasteiger partial charge in [0.05, 0.1) is 12.0 Å². The topological polar surface area (TPSA) is 26.3 Å². The molecular formula is C20H36O2. The van der Waals surface area contributed by atoms with Crippen LogP contribution in [0.4, 0.5) is 0 Å². The van der Waals surface area contributed by atoms with Crippen molar-refractivity contribution in [2.45, 2.75) is 91.4 Å². The molecule has 0 aromatic carbocycles. The molecule has 0 unspecified atom stereocenters. The molecule has 0 spiro atoms. The van der Waals surface area contributed by atoms with Crippen molar-refractivity contribution in [1.29, 1.82) is 0 Å². The second-order valence-electron chi connectivity index (χ2n) is 8.04. The molecule has 0 radical (unpaired) electrons. The van der Waals surface area contributed by atoms with Crippen molar-refractivity contribution in [3.05, 3.63) is 0 Å². The number of carbonyl (C=O) groups excluding carboxylic acids is 1. The summed E-state index contributed by atoms with van der Waals surface area (Å²) in [4.78, 5) is 12.1. The number of ether oxygens (including phenoxy) is 1. The highest BCUT2D eigenvalue weighted by molar-refractivity contribution is 5.76. The van der Waals surface area contributed by atoms with Gasteiger partial charge in [0.2, 0.25) is 0 Å². The van der Waals surface area contributed by atoms with Crippen LogP contribution < -0.4 is 0 Å². The lowest BCUT2D eigenvalue weighted by molar-refractivity contribution is -0.157. The summed E-state index contributed by atoms with van der Waals surface area (Å²) in [5, 5.41) is 0. The van der Waals surface area contributed by atoms with Crippen molar-refractivity contribution in [3.63, 3.8) is 0 Å². The van der Waals surface area contributed by atoms with Gasteiger partial charge >= 0.3 is 5.97 Å². The highest BCUT2D eigenvalue weighted by Gasteiger charge is 2.40. The minimum atomic E-state index is -0.204. The minimum absolute atomic E-state index is 0.0386. The fourth-order valence-corrected chi connectivity index (χ4v) is 4.70. The fourth-order valence-electron chi connectivity index (χ4n) is 4.70. The van der Waals surface area contributed by atoms with Gasteiger partial charge in [-0.2, -0.15) is 0 Å². The molecule has 2 rings (SSSR count). The Labute approximate surface area is 137 Å². The van der Waals surface area contributed by atoms with Gasteiger partial charge in [-0.25, -0.2) is 0 Å². The molecule has 0 heterocycles. The van der Waals surface area contributed by atoms with E-state index in [2.05, 4.69) is 13.8 Å². The van der Waals surface area contributed by atoms with Gasteiger partial charge in [0, 0.05) is 0 Å². The first-order valence-electron chi connectivity index (χ1n) is 9.76.